The van der Waals surface area contributed by atoms with E-state index in [1.165, 1.54) is 12.2 Å². The number of hydrogen-bond acceptors (Lipinski definition) is 6. The Morgan fingerprint density at radius 1 is 1.15 bits per heavy atom. The molecular weight excluding hydrogens is 366 g/mol. The predicted molar refractivity (Wildman–Crippen MR) is 97.1 cm³/mol. The lowest BCUT2D eigenvalue weighted by Gasteiger charge is -2.13. The van der Waals surface area contributed by atoms with Crippen molar-refractivity contribution in [3.8, 4) is 11.5 Å². The van der Waals surface area contributed by atoms with Crippen LogP contribution in [0.2, 0.25) is 5.02 Å². The van der Waals surface area contributed by atoms with Crippen LogP contribution in [-0.4, -0.2) is 28.1 Å². The standard InChI is InChI=1S/C16H16ClN3O6/c1-3-25-12-8-9(7-10(17)14(12)26-4-2)5-6-11-13(20(23)24)15(21)19-16(22)18-11/h5-8H,3-4H2,1-2H3,(H2,18,19,21,22)/b6-5-. The molecule has 9 nitrogen and oxygen atoms in total. The van der Waals surface area contributed by atoms with Crippen molar-refractivity contribution in [3.05, 3.63) is 59.4 Å². The molecule has 1 heterocycles. The van der Waals surface area contributed by atoms with Gasteiger partial charge in [-0.15, -0.1) is 0 Å². The van der Waals surface area contributed by atoms with Gasteiger partial charge in [-0.2, -0.15) is 0 Å². The van der Waals surface area contributed by atoms with Crippen molar-refractivity contribution in [3.63, 3.8) is 0 Å². The number of hydrogen-bond donors (Lipinski definition) is 2. The van der Waals surface area contributed by atoms with E-state index in [0.29, 0.717) is 35.3 Å². The molecule has 0 fully saturated rings. The first-order valence-corrected chi connectivity index (χ1v) is 8.03. The molecule has 0 amide bonds. The molecule has 10 heteroatoms. The van der Waals surface area contributed by atoms with Gasteiger partial charge in [0.15, 0.2) is 11.5 Å². The fourth-order valence-electron chi connectivity index (χ4n) is 2.21. The second kappa shape index (κ2) is 8.34. The Balaban J connectivity index is 2.50. The lowest BCUT2D eigenvalue weighted by Crippen LogP contribution is -2.25. The molecule has 138 valence electrons. The van der Waals surface area contributed by atoms with Crippen LogP contribution in [0.1, 0.15) is 25.1 Å². The van der Waals surface area contributed by atoms with E-state index < -0.39 is 21.9 Å². The van der Waals surface area contributed by atoms with Gasteiger partial charge in [0.2, 0.25) is 0 Å². The summed E-state index contributed by atoms with van der Waals surface area (Å²) in [6.45, 7) is 4.39. The van der Waals surface area contributed by atoms with Gasteiger partial charge in [0.1, 0.15) is 5.69 Å². The van der Waals surface area contributed by atoms with E-state index in [2.05, 4.69) is 4.98 Å². The number of nitrogens with one attached hydrogen (secondary N) is 2. The van der Waals surface area contributed by atoms with Gasteiger partial charge < -0.3 is 14.5 Å². The average Bonchev–Trinajstić information content (AvgIpc) is 2.55. The molecule has 0 aliphatic rings. The van der Waals surface area contributed by atoms with Crippen LogP contribution in [0.15, 0.2) is 21.7 Å². The minimum atomic E-state index is -1.09. The molecule has 0 spiro atoms. The zero-order valence-electron chi connectivity index (χ0n) is 14.0. The number of aromatic nitrogens is 2. The van der Waals surface area contributed by atoms with E-state index >= 15 is 0 Å². The Morgan fingerprint density at radius 3 is 2.46 bits per heavy atom. The molecular formula is C16H16ClN3O6. The van der Waals surface area contributed by atoms with Crippen molar-refractivity contribution in [2.75, 3.05) is 13.2 Å². The third-order valence-electron chi connectivity index (χ3n) is 3.19. The first-order chi connectivity index (χ1) is 12.4. The van der Waals surface area contributed by atoms with Crippen molar-refractivity contribution in [2.45, 2.75) is 13.8 Å². The molecule has 0 unspecified atom stereocenters. The van der Waals surface area contributed by atoms with Gasteiger partial charge >= 0.3 is 16.9 Å². The molecule has 0 aliphatic heterocycles. The van der Waals surface area contributed by atoms with Crippen LogP contribution in [0.4, 0.5) is 5.69 Å². The number of aromatic amines is 2. The minimum absolute atomic E-state index is 0.230. The number of nitrogens with zero attached hydrogens (tertiary/aromatic N) is 1. The topological polar surface area (TPSA) is 127 Å². The number of halogens is 1. The first kappa shape index (κ1) is 19.3. The summed E-state index contributed by atoms with van der Waals surface area (Å²) in [5.74, 6) is 0.805. The van der Waals surface area contributed by atoms with Crippen LogP contribution < -0.4 is 20.7 Å². The largest absolute Gasteiger partial charge is 0.490 e. The molecule has 0 saturated heterocycles. The quantitative estimate of drug-likeness (QED) is 0.560. The highest BCUT2D eigenvalue weighted by molar-refractivity contribution is 6.32. The normalized spacial score (nSPS) is 10.9. The Bertz CT molecular complexity index is 963. The van der Waals surface area contributed by atoms with Crippen molar-refractivity contribution in [1.29, 1.82) is 0 Å². The van der Waals surface area contributed by atoms with Gasteiger partial charge in [-0.25, -0.2) is 4.79 Å². The smallest absolute Gasteiger partial charge is 0.357 e. The highest BCUT2D eigenvalue weighted by Crippen LogP contribution is 2.37. The van der Waals surface area contributed by atoms with E-state index in [0.717, 1.165) is 0 Å². The summed E-state index contributed by atoms with van der Waals surface area (Å²) in [4.78, 5) is 37.2. The molecule has 1 aromatic heterocycles. The molecule has 0 atom stereocenters. The fourth-order valence-corrected chi connectivity index (χ4v) is 2.48. The van der Waals surface area contributed by atoms with E-state index in [9.17, 15) is 19.7 Å². The minimum Gasteiger partial charge on any atom is -0.490 e. The third kappa shape index (κ3) is 4.31. The summed E-state index contributed by atoms with van der Waals surface area (Å²) in [6, 6.07) is 3.21. The molecule has 0 bridgehead atoms. The SMILES string of the molecule is CCOc1cc(/C=C\c2[nH]c(=O)[nH]c(=O)c2[N+](=O)[O-])cc(Cl)c1OCC. The van der Waals surface area contributed by atoms with E-state index in [-0.39, 0.29) is 5.69 Å². The summed E-state index contributed by atoms with van der Waals surface area (Å²) < 4.78 is 11.0. The Labute approximate surface area is 152 Å². The maximum Gasteiger partial charge on any atom is 0.357 e. The van der Waals surface area contributed by atoms with Crippen LogP contribution in [-0.2, 0) is 0 Å². The molecule has 2 aromatic rings. The summed E-state index contributed by atoms with van der Waals surface area (Å²) in [5, 5.41) is 11.3. The van der Waals surface area contributed by atoms with Crippen molar-refractivity contribution in [1.82, 2.24) is 9.97 Å². The van der Waals surface area contributed by atoms with Gasteiger partial charge in [0.05, 0.1) is 23.2 Å². The Morgan fingerprint density at radius 2 is 1.85 bits per heavy atom. The lowest BCUT2D eigenvalue weighted by molar-refractivity contribution is -0.386. The summed E-state index contributed by atoms with van der Waals surface area (Å²) >= 11 is 6.20. The Hall–Kier alpha value is -3.07. The van der Waals surface area contributed by atoms with E-state index in [1.807, 2.05) is 11.9 Å². The van der Waals surface area contributed by atoms with Crippen molar-refractivity contribution >= 4 is 29.4 Å². The third-order valence-corrected chi connectivity index (χ3v) is 3.47. The monoisotopic (exact) mass is 381 g/mol. The van der Waals surface area contributed by atoms with Gasteiger partial charge in [-0.1, -0.05) is 17.7 Å². The van der Waals surface area contributed by atoms with E-state index in [4.69, 9.17) is 21.1 Å². The molecule has 2 rings (SSSR count). The highest BCUT2D eigenvalue weighted by Gasteiger charge is 2.19. The van der Waals surface area contributed by atoms with Gasteiger partial charge in [0.25, 0.3) is 0 Å². The van der Waals surface area contributed by atoms with Crippen LogP contribution in [0.5, 0.6) is 11.5 Å². The summed E-state index contributed by atoms with van der Waals surface area (Å²) in [5.41, 5.74) is -2.38. The molecule has 0 aliphatic carbocycles. The van der Waals surface area contributed by atoms with Crippen LogP contribution in [0.3, 0.4) is 0 Å². The van der Waals surface area contributed by atoms with Gasteiger partial charge in [-0.05, 0) is 37.6 Å². The zero-order chi connectivity index (χ0) is 19.3. The van der Waals surface area contributed by atoms with Crippen LogP contribution in [0.25, 0.3) is 12.2 Å². The van der Waals surface area contributed by atoms with Crippen LogP contribution >= 0.6 is 11.6 Å². The number of rotatable bonds is 7. The second-order valence-electron chi connectivity index (χ2n) is 4.96. The van der Waals surface area contributed by atoms with Gasteiger partial charge in [0, 0.05) is 0 Å². The number of benzene rings is 1. The lowest BCUT2D eigenvalue weighted by atomic mass is 10.1. The Kier molecular flexibility index (Phi) is 6.18. The van der Waals surface area contributed by atoms with Crippen molar-refractivity contribution < 1.29 is 14.4 Å². The molecule has 0 saturated carbocycles. The maximum atomic E-state index is 11.6. The number of H-pyrrole nitrogens is 2. The molecule has 2 N–H and O–H groups in total. The van der Waals surface area contributed by atoms with Gasteiger partial charge in [-0.3, -0.25) is 19.9 Å². The number of nitro groups is 1. The molecule has 1 aromatic carbocycles. The summed E-state index contributed by atoms with van der Waals surface area (Å²) in [7, 11) is 0. The van der Waals surface area contributed by atoms with E-state index in [1.54, 1.807) is 19.1 Å². The zero-order valence-corrected chi connectivity index (χ0v) is 14.8. The highest BCUT2D eigenvalue weighted by atomic mass is 35.5. The predicted octanol–water partition coefficient (Wildman–Crippen LogP) is 2.59. The fraction of sp³-hybridized carbons (Fsp3) is 0.250. The van der Waals surface area contributed by atoms with Crippen LogP contribution in [0, 0.1) is 10.1 Å². The van der Waals surface area contributed by atoms with Crippen molar-refractivity contribution in [2.24, 2.45) is 0 Å². The second-order valence-corrected chi connectivity index (χ2v) is 5.36. The molecule has 26 heavy (non-hydrogen) atoms. The molecule has 0 radical (unpaired) electrons. The summed E-state index contributed by atoms with van der Waals surface area (Å²) in [6.07, 6.45) is 2.71. The first-order valence-electron chi connectivity index (χ1n) is 7.65. The number of ether oxygens (including phenoxy) is 2. The maximum absolute atomic E-state index is 11.6. The average molecular weight is 382 g/mol.